The van der Waals surface area contributed by atoms with E-state index in [1.807, 2.05) is 11.8 Å². The Morgan fingerprint density at radius 3 is 2.53 bits per heavy atom. The Morgan fingerprint density at radius 1 is 1.35 bits per heavy atom. The lowest BCUT2D eigenvalue weighted by atomic mass is 10.0. The second-order valence-electron chi connectivity index (χ2n) is 5.20. The first-order valence-electron chi connectivity index (χ1n) is 6.48. The Labute approximate surface area is 103 Å². The first-order valence-corrected chi connectivity index (χ1v) is 6.48. The Morgan fingerprint density at radius 2 is 2.00 bits per heavy atom. The summed E-state index contributed by atoms with van der Waals surface area (Å²) < 4.78 is 0. The van der Waals surface area contributed by atoms with Crippen LogP contribution in [0.25, 0.3) is 0 Å². The molecule has 0 spiro atoms. The number of carboxylic acid groups (broad SMARTS) is 1. The van der Waals surface area contributed by atoms with E-state index in [4.69, 9.17) is 5.11 Å². The molecular weight excluding hydrogens is 218 g/mol. The molecule has 3 atom stereocenters. The monoisotopic (exact) mass is 241 g/mol. The van der Waals surface area contributed by atoms with Crippen LogP contribution < -0.4 is 0 Å². The quantitative estimate of drug-likeness (QED) is 0.803. The zero-order chi connectivity index (χ0) is 13.0. The van der Waals surface area contributed by atoms with Gasteiger partial charge in [0.1, 0.15) is 0 Å². The van der Waals surface area contributed by atoms with E-state index in [0.29, 0.717) is 18.5 Å². The lowest BCUT2D eigenvalue weighted by Gasteiger charge is -2.29. The van der Waals surface area contributed by atoms with Gasteiger partial charge in [0.25, 0.3) is 0 Å². The fraction of sp³-hybridized carbons (Fsp3) is 0.846. The zero-order valence-corrected chi connectivity index (χ0v) is 11.0. The van der Waals surface area contributed by atoms with Gasteiger partial charge >= 0.3 is 5.97 Å². The van der Waals surface area contributed by atoms with Crippen LogP contribution in [0.5, 0.6) is 0 Å². The summed E-state index contributed by atoms with van der Waals surface area (Å²) in [7, 11) is 0. The average molecular weight is 241 g/mol. The van der Waals surface area contributed by atoms with Crippen molar-refractivity contribution in [1.29, 1.82) is 0 Å². The van der Waals surface area contributed by atoms with Gasteiger partial charge in [-0.25, -0.2) is 0 Å². The summed E-state index contributed by atoms with van der Waals surface area (Å²) in [6.45, 7) is 6.01. The summed E-state index contributed by atoms with van der Waals surface area (Å²) in [5, 5.41) is 8.69. The molecule has 1 amide bonds. The number of carboxylic acids is 1. The summed E-state index contributed by atoms with van der Waals surface area (Å²) in [5.74, 6) is -0.785. The predicted octanol–water partition coefficient (Wildman–Crippen LogP) is 2.28. The number of carbonyl (C=O) groups excluding carboxylic acids is 1. The third-order valence-corrected chi connectivity index (χ3v) is 3.59. The van der Waals surface area contributed by atoms with Crippen LogP contribution in [0.3, 0.4) is 0 Å². The second-order valence-corrected chi connectivity index (χ2v) is 5.20. The third kappa shape index (κ3) is 3.72. The minimum Gasteiger partial charge on any atom is -0.481 e. The minimum absolute atomic E-state index is 0.0742. The van der Waals surface area contributed by atoms with Crippen molar-refractivity contribution in [2.75, 3.05) is 0 Å². The van der Waals surface area contributed by atoms with Gasteiger partial charge in [0.15, 0.2) is 0 Å². The Bertz CT molecular complexity index is 290. The van der Waals surface area contributed by atoms with Gasteiger partial charge in [-0.05, 0) is 32.1 Å². The number of aliphatic carboxylic acids is 1. The van der Waals surface area contributed by atoms with E-state index < -0.39 is 5.97 Å². The van der Waals surface area contributed by atoms with Gasteiger partial charge in [0.2, 0.25) is 5.91 Å². The number of amides is 1. The van der Waals surface area contributed by atoms with E-state index in [0.717, 1.165) is 19.3 Å². The van der Waals surface area contributed by atoms with Gasteiger partial charge in [0, 0.05) is 24.9 Å². The van der Waals surface area contributed by atoms with Crippen molar-refractivity contribution >= 4 is 11.9 Å². The first-order chi connectivity index (χ1) is 7.95. The first kappa shape index (κ1) is 14.0. The Kier molecular flexibility index (Phi) is 4.97. The number of carbonyl (C=O) groups is 2. The molecule has 0 saturated carbocycles. The van der Waals surface area contributed by atoms with Gasteiger partial charge in [-0.15, -0.1) is 0 Å². The molecule has 1 aliphatic rings. The van der Waals surface area contributed by atoms with Crippen LogP contribution in [-0.4, -0.2) is 34.0 Å². The normalized spacial score (nSPS) is 25.9. The molecule has 0 aliphatic carbocycles. The predicted molar refractivity (Wildman–Crippen MR) is 65.7 cm³/mol. The zero-order valence-electron chi connectivity index (χ0n) is 11.0. The molecule has 98 valence electrons. The molecule has 1 N–H and O–H groups in total. The molecule has 0 aromatic heterocycles. The highest BCUT2D eigenvalue weighted by atomic mass is 16.4. The Hall–Kier alpha value is -1.06. The van der Waals surface area contributed by atoms with Crippen molar-refractivity contribution in [3.63, 3.8) is 0 Å². The van der Waals surface area contributed by atoms with Crippen LogP contribution in [0.15, 0.2) is 0 Å². The van der Waals surface area contributed by atoms with Crippen molar-refractivity contribution in [3.05, 3.63) is 0 Å². The topological polar surface area (TPSA) is 57.6 Å². The standard InChI is InChI=1S/C13H23NO3/c1-4-11-6-5-10(3)14(11)12(15)7-9(2)8-13(16)17/h9-11H,4-8H2,1-3H3,(H,16,17). The summed E-state index contributed by atoms with van der Waals surface area (Å²) in [6, 6.07) is 0.666. The van der Waals surface area contributed by atoms with Crippen molar-refractivity contribution < 1.29 is 14.7 Å². The molecule has 17 heavy (non-hydrogen) atoms. The molecule has 1 rings (SSSR count). The third-order valence-electron chi connectivity index (χ3n) is 3.59. The molecule has 0 aromatic carbocycles. The maximum atomic E-state index is 12.1. The van der Waals surface area contributed by atoms with E-state index in [2.05, 4.69) is 13.8 Å². The van der Waals surface area contributed by atoms with Gasteiger partial charge in [0.05, 0.1) is 0 Å². The van der Waals surface area contributed by atoms with Crippen LogP contribution in [0.1, 0.15) is 52.9 Å². The van der Waals surface area contributed by atoms with E-state index in [9.17, 15) is 9.59 Å². The van der Waals surface area contributed by atoms with E-state index in [1.54, 1.807) is 0 Å². The number of nitrogens with zero attached hydrogens (tertiary/aromatic N) is 1. The van der Waals surface area contributed by atoms with E-state index >= 15 is 0 Å². The molecular formula is C13H23NO3. The summed E-state index contributed by atoms with van der Waals surface area (Å²) in [6.07, 6.45) is 3.57. The Balaban J connectivity index is 2.53. The van der Waals surface area contributed by atoms with Crippen molar-refractivity contribution in [1.82, 2.24) is 4.90 Å². The molecule has 1 saturated heterocycles. The van der Waals surface area contributed by atoms with Gasteiger partial charge < -0.3 is 10.0 Å². The van der Waals surface area contributed by atoms with Crippen LogP contribution in [0, 0.1) is 5.92 Å². The van der Waals surface area contributed by atoms with Crippen LogP contribution in [0.2, 0.25) is 0 Å². The molecule has 1 fully saturated rings. The number of hydrogen-bond donors (Lipinski definition) is 1. The van der Waals surface area contributed by atoms with Crippen molar-refractivity contribution in [2.45, 2.75) is 65.0 Å². The molecule has 4 heteroatoms. The molecule has 0 radical (unpaired) electrons. The molecule has 0 aromatic rings. The maximum absolute atomic E-state index is 12.1. The molecule has 1 heterocycles. The maximum Gasteiger partial charge on any atom is 0.303 e. The molecule has 1 aliphatic heterocycles. The van der Waals surface area contributed by atoms with Gasteiger partial charge in [-0.2, -0.15) is 0 Å². The number of likely N-dealkylation sites (tertiary alicyclic amines) is 1. The van der Waals surface area contributed by atoms with Crippen LogP contribution in [-0.2, 0) is 9.59 Å². The average Bonchev–Trinajstić information content (AvgIpc) is 2.57. The van der Waals surface area contributed by atoms with E-state index in [1.165, 1.54) is 0 Å². The summed E-state index contributed by atoms with van der Waals surface area (Å²) in [4.78, 5) is 24.7. The smallest absolute Gasteiger partial charge is 0.303 e. The fourth-order valence-electron chi connectivity index (χ4n) is 2.70. The second kappa shape index (κ2) is 6.03. The summed E-state index contributed by atoms with van der Waals surface area (Å²) >= 11 is 0. The van der Waals surface area contributed by atoms with Crippen LogP contribution in [0.4, 0.5) is 0 Å². The lowest BCUT2D eigenvalue weighted by Crippen LogP contribution is -2.40. The highest BCUT2D eigenvalue weighted by molar-refractivity contribution is 5.78. The van der Waals surface area contributed by atoms with Crippen molar-refractivity contribution in [3.8, 4) is 0 Å². The summed E-state index contributed by atoms with van der Waals surface area (Å²) in [5.41, 5.74) is 0. The van der Waals surface area contributed by atoms with Gasteiger partial charge in [-0.3, -0.25) is 9.59 Å². The SMILES string of the molecule is CCC1CCC(C)N1C(=O)CC(C)CC(=O)O. The highest BCUT2D eigenvalue weighted by Gasteiger charge is 2.33. The van der Waals surface area contributed by atoms with E-state index in [-0.39, 0.29) is 18.2 Å². The van der Waals surface area contributed by atoms with Crippen LogP contribution >= 0.6 is 0 Å². The van der Waals surface area contributed by atoms with Crippen molar-refractivity contribution in [2.24, 2.45) is 5.92 Å². The lowest BCUT2D eigenvalue weighted by molar-refractivity contribution is -0.139. The molecule has 4 nitrogen and oxygen atoms in total. The fourth-order valence-corrected chi connectivity index (χ4v) is 2.70. The number of rotatable bonds is 5. The highest BCUT2D eigenvalue weighted by Crippen LogP contribution is 2.27. The number of hydrogen-bond acceptors (Lipinski definition) is 2. The molecule has 3 unspecified atom stereocenters. The van der Waals surface area contributed by atoms with Gasteiger partial charge in [-0.1, -0.05) is 13.8 Å². The largest absolute Gasteiger partial charge is 0.481 e. The minimum atomic E-state index is -0.827. The molecule has 0 bridgehead atoms.